The molecule has 20 heavy (non-hydrogen) atoms. The molecule has 1 aliphatic rings. The van der Waals surface area contributed by atoms with E-state index in [-0.39, 0.29) is 5.82 Å². The third kappa shape index (κ3) is 3.79. The highest BCUT2D eigenvalue weighted by Crippen LogP contribution is 2.27. The third-order valence-corrected chi connectivity index (χ3v) is 4.45. The molecule has 0 saturated carbocycles. The molecule has 1 aromatic carbocycles. The Morgan fingerprint density at radius 1 is 1.50 bits per heavy atom. The summed E-state index contributed by atoms with van der Waals surface area (Å²) in [7, 11) is 0. The summed E-state index contributed by atoms with van der Waals surface area (Å²) in [6, 6.07) is 4.25. The average Bonchev–Trinajstić information content (AvgIpc) is 2.37. The van der Waals surface area contributed by atoms with Gasteiger partial charge in [-0.3, -0.25) is 9.69 Å². The second kappa shape index (κ2) is 6.68. The zero-order valence-corrected chi connectivity index (χ0v) is 13.1. The van der Waals surface area contributed by atoms with E-state index in [4.69, 9.17) is 0 Å². The smallest absolute Gasteiger partial charge is 0.320 e. The Kier molecular flexibility index (Phi) is 5.16. The van der Waals surface area contributed by atoms with Crippen LogP contribution in [0, 0.1) is 11.7 Å². The van der Waals surface area contributed by atoms with Gasteiger partial charge in [-0.2, -0.15) is 0 Å². The van der Waals surface area contributed by atoms with Crippen molar-refractivity contribution >= 4 is 21.9 Å². The number of piperidine rings is 1. The molecule has 3 nitrogen and oxygen atoms in total. The summed E-state index contributed by atoms with van der Waals surface area (Å²) in [5.41, 5.74) is 0.804. The first-order chi connectivity index (χ1) is 9.49. The Bertz CT molecular complexity index is 475. The Morgan fingerprint density at radius 3 is 2.85 bits per heavy atom. The summed E-state index contributed by atoms with van der Waals surface area (Å²) >= 11 is 3.27. The number of carbonyl (C=O) groups is 1. The molecule has 1 aliphatic heterocycles. The fraction of sp³-hybridized carbons (Fsp3) is 0.533. The van der Waals surface area contributed by atoms with E-state index in [1.807, 2.05) is 11.0 Å². The molecule has 2 unspecified atom stereocenters. The van der Waals surface area contributed by atoms with Gasteiger partial charge in [0.25, 0.3) is 0 Å². The quantitative estimate of drug-likeness (QED) is 0.906. The molecule has 0 aliphatic carbocycles. The van der Waals surface area contributed by atoms with Crippen molar-refractivity contribution in [1.82, 2.24) is 4.90 Å². The highest BCUT2D eigenvalue weighted by Gasteiger charge is 2.32. The van der Waals surface area contributed by atoms with E-state index in [0.29, 0.717) is 23.4 Å². The molecule has 1 fully saturated rings. The summed E-state index contributed by atoms with van der Waals surface area (Å²) in [5.74, 6) is -0.602. The lowest BCUT2D eigenvalue weighted by Gasteiger charge is -2.37. The number of aliphatic carboxylic acids is 1. The Morgan fingerprint density at radius 2 is 2.25 bits per heavy atom. The molecule has 1 heterocycles. The third-order valence-electron chi connectivity index (χ3n) is 3.99. The maximum atomic E-state index is 13.4. The van der Waals surface area contributed by atoms with Crippen molar-refractivity contribution in [3.63, 3.8) is 0 Å². The van der Waals surface area contributed by atoms with E-state index in [1.54, 1.807) is 0 Å². The molecular weight excluding hydrogens is 325 g/mol. The molecule has 5 heteroatoms. The fourth-order valence-corrected chi connectivity index (χ4v) is 3.35. The number of likely N-dealkylation sites (tertiary alicyclic amines) is 1. The maximum Gasteiger partial charge on any atom is 0.320 e. The first kappa shape index (κ1) is 15.4. The predicted molar refractivity (Wildman–Crippen MR) is 78.9 cm³/mol. The number of benzene rings is 1. The van der Waals surface area contributed by atoms with Crippen LogP contribution in [0.4, 0.5) is 4.39 Å². The molecule has 1 N–H and O–H groups in total. The van der Waals surface area contributed by atoms with Crippen molar-refractivity contribution in [2.24, 2.45) is 5.92 Å². The van der Waals surface area contributed by atoms with Crippen LogP contribution >= 0.6 is 15.9 Å². The van der Waals surface area contributed by atoms with E-state index in [9.17, 15) is 14.3 Å². The molecule has 0 aromatic heterocycles. The van der Waals surface area contributed by atoms with Gasteiger partial charge < -0.3 is 5.11 Å². The molecule has 2 rings (SSSR count). The van der Waals surface area contributed by atoms with Gasteiger partial charge in [0.1, 0.15) is 11.9 Å². The lowest BCUT2D eigenvalue weighted by molar-refractivity contribution is -0.145. The average molecular weight is 344 g/mol. The highest BCUT2D eigenvalue weighted by atomic mass is 79.9. The maximum absolute atomic E-state index is 13.4. The number of halogens is 2. The first-order valence-corrected chi connectivity index (χ1v) is 7.70. The topological polar surface area (TPSA) is 40.5 Å². The minimum Gasteiger partial charge on any atom is -0.480 e. The zero-order chi connectivity index (χ0) is 14.7. The zero-order valence-electron chi connectivity index (χ0n) is 11.5. The second-order valence-corrected chi connectivity index (χ2v) is 6.32. The van der Waals surface area contributed by atoms with Crippen LogP contribution in [0.1, 0.15) is 31.7 Å². The van der Waals surface area contributed by atoms with Gasteiger partial charge in [0.15, 0.2) is 0 Å². The summed E-state index contributed by atoms with van der Waals surface area (Å²) in [4.78, 5) is 13.4. The predicted octanol–water partition coefficient (Wildman–Crippen LogP) is 3.66. The van der Waals surface area contributed by atoms with Crippen molar-refractivity contribution < 1.29 is 14.3 Å². The number of nitrogens with zero attached hydrogens (tertiary/aromatic N) is 1. The van der Waals surface area contributed by atoms with E-state index >= 15 is 0 Å². The van der Waals surface area contributed by atoms with Crippen molar-refractivity contribution in [3.8, 4) is 0 Å². The van der Waals surface area contributed by atoms with Gasteiger partial charge in [-0.15, -0.1) is 0 Å². The Hall–Kier alpha value is -0.940. The summed E-state index contributed by atoms with van der Waals surface area (Å²) in [6.07, 6.45) is 2.71. The minimum absolute atomic E-state index is 0.301. The fourth-order valence-electron chi connectivity index (χ4n) is 2.84. The largest absolute Gasteiger partial charge is 0.480 e. The standard InChI is InChI=1S/C15H19BrFNO2/c1-2-10-3-4-18(14(7-10)15(19)20)9-11-5-12(16)8-13(17)6-11/h5-6,8,10,14H,2-4,7,9H2,1H3,(H,19,20). The van der Waals surface area contributed by atoms with Gasteiger partial charge in [0, 0.05) is 11.0 Å². The van der Waals surface area contributed by atoms with Gasteiger partial charge in [0.2, 0.25) is 0 Å². The Balaban J connectivity index is 2.12. The van der Waals surface area contributed by atoms with E-state index in [1.165, 1.54) is 12.1 Å². The molecule has 2 atom stereocenters. The SMILES string of the molecule is CCC1CCN(Cc2cc(F)cc(Br)c2)C(C(=O)O)C1. The van der Waals surface area contributed by atoms with Crippen LogP contribution in [0.2, 0.25) is 0 Å². The molecule has 0 bridgehead atoms. The van der Waals surface area contributed by atoms with E-state index < -0.39 is 12.0 Å². The van der Waals surface area contributed by atoms with Crippen LogP contribution in [0.25, 0.3) is 0 Å². The molecule has 1 saturated heterocycles. The number of carboxylic acid groups (broad SMARTS) is 1. The van der Waals surface area contributed by atoms with Crippen molar-refractivity contribution in [2.75, 3.05) is 6.54 Å². The van der Waals surface area contributed by atoms with Gasteiger partial charge in [-0.25, -0.2) is 4.39 Å². The second-order valence-electron chi connectivity index (χ2n) is 5.40. The highest BCUT2D eigenvalue weighted by molar-refractivity contribution is 9.10. The molecular formula is C15H19BrFNO2. The van der Waals surface area contributed by atoms with E-state index in [2.05, 4.69) is 22.9 Å². The molecule has 1 aromatic rings. The molecule has 0 radical (unpaired) electrons. The van der Waals surface area contributed by atoms with Crippen LogP contribution in [-0.4, -0.2) is 28.6 Å². The van der Waals surface area contributed by atoms with Crippen LogP contribution in [0.5, 0.6) is 0 Å². The summed E-state index contributed by atoms with van der Waals surface area (Å²) in [5, 5.41) is 9.38. The van der Waals surface area contributed by atoms with Crippen LogP contribution in [0.3, 0.4) is 0 Å². The number of hydrogen-bond donors (Lipinski definition) is 1. The summed E-state index contributed by atoms with van der Waals surface area (Å²) in [6.45, 7) is 3.33. The Labute approximate surface area is 126 Å². The van der Waals surface area contributed by atoms with Gasteiger partial charge in [-0.05, 0) is 49.1 Å². The van der Waals surface area contributed by atoms with Crippen molar-refractivity contribution in [1.29, 1.82) is 0 Å². The van der Waals surface area contributed by atoms with Crippen LogP contribution in [-0.2, 0) is 11.3 Å². The molecule has 0 spiro atoms. The van der Waals surface area contributed by atoms with Gasteiger partial charge in [-0.1, -0.05) is 29.3 Å². The van der Waals surface area contributed by atoms with Gasteiger partial charge in [0.05, 0.1) is 0 Å². The monoisotopic (exact) mass is 343 g/mol. The van der Waals surface area contributed by atoms with Crippen LogP contribution in [0.15, 0.2) is 22.7 Å². The van der Waals surface area contributed by atoms with Crippen molar-refractivity contribution in [2.45, 2.75) is 38.8 Å². The number of rotatable bonds is 4. The lowest BCUT2D eigenvalue weighted by Crippen LogP contribution is -2.46. The molecule has 0 amide bonds. The lowest BCUT2D eigenvalue weighted by atomic mass is 9.88. The van der Waals surface area contributed by atoms with E-state index in [0.717, 1.165) is 24.9 Å². The van der Waals surface area contributed by atoms with Crippen LogP contribution < -0.4 is 0 Å². The normalized spacial score (nSPS) is 23.8. The minimum atomic E-state index is -0.779. The number of carboxylic acids is 1. The number of hydrogen-bond acceptors (Lipinski definition) is 2. The first-order valence-electron chi connectivity index (χ1n) is 6.91. The van der Waals surface area contributed by atoms with Gasteiger partial charge >= 0.3 is 5.97 Å². The van der Waals surface area contributed by atoms with Crippen molar-refractivity contribution in [3.05, 3.63) is 34.1 Å². The molecule has 110 valence electrons. The summed E-state index contributed by atoms with van der Waals surface area (Å²) < 4.78 is 14.1.